The highest BCUT2D eigenvalue weighted by molar-refractivity contribution is 5.84. The van der Waals surface area contributed by atoms with Crippen molar-refractivity contribution in [3.63, 3.8) is 0 Å². The first kappa shape index (κ1) is 10.6. The van der Waals surface area contributed by atoms with Gasteiger partial charge in [0, 0.05) is 0 Å². The Morgan fingerprint density at radius 2 is 1.42 bits per heavy atom. The summed E-state index contributed by atoms with van der Waals surface area (Å²) in [5, 5.41) is 0. The number of hydrogen-bond acceptors (Lipinski definition) is 0. The van der Waals surface area contributed by atoms with Crippen molar-refractivity contribution in [2.75, 3.05) is 0 Å². The van der Waals surface area contributed by atoms with E-state index in [0.717, 1.165) is 6.42 Å². The van der Waals surface area contributed by atoms with Crippen molar-refractivity contribution >= 4 is 0 Å². The Morgan fingerprint density at radius 3 is 2.32 bits per heavy atom. The Bertz CT molecular complexity index is 739. The molecule has 0 heterocycles. The van der Waals surface area contributed by atoms with E-state index < -0.39 is 0 Å². The van der Waals surface area contributed by atoms with Gasteiger partial charge >= 0.3 is 0 Å². The smallest absolute Gasteiger partial charge is 0.000729 e. The van der Waals surface area contributed by atoms with E-state index >= 15 is 0 Å². The molecular formula is C19H13. The molecule has 1 aliphatic rings. The molecule has 89 valence electrons. The van der Waals surface area contributed by atoms with E-state index in [2.05, 4.69) is 60.7 Å². The normalized spacial score (nSPS) is 12.0. The van der Waals surface area contributed by atoms with Gasteiger partial charge in [0.25, 0.3) is 0 Å². The minimum atomic E-state index is 1.04. The number of benzene rings is 3. The van der Waals surface area contributed by atoms with Crippen LogP contribution in [-0.2, 0) is 6.42 Å². The molecule has 0 fully saturated rings. The zero-order valence-electron chi connectivity index (χ0n) is 10.6. The maximum absolute atomic E-state index is 3.09. The Kier molecular flexibility index (Phi) is 2.28. The second-order valence-electron chi connectivity index (χ2n) is 4.95. The summed E-state index contributed by atoms with van der Waals surface area (Å²) in [6.07, 6.45) is 1.04. The average molecular weight is 241 g/mol. The van der Waals surface area contributed by atoms with E-state index in [1.807, 2.05) is 12.1 Å². The maximum atomic E-state index is 3.09. The van der Waals surface area contributed by atoms with Crippen LogP contribution in [-0.4, -0.2) is 0 Å². The minimum absolute atomic E-state index is 1.04. The summed E-state index contributed by atoms with van der Waals surface area (Å²) < 4.78 is 0. The van der Waals surface area contributed by atoms with Gasteiger partial charge in [0.15, 0.2) is 0 Å². The predicted octanol–water partition coefficient (Wildman–Crippen LogP) is 4.72. The lowest BCUT2D eigenvalue weighted by Gasteiger charge is -2.08. The van der Waals surface area contributed by atoms with E-state index in [0.29, 0.717) is 0 Å². The van der Waals surface area contributed by atoms with Gasteiger partial charge in [-0.1, -0.05) is 66.7 Å². The monoisotopic (exact) mass is 241 g/mol. The third kappa shape index (κ3) is 1.61. The molecule has 0 amide bonds. The van der Waals surface area contributed by atoms with Crippen LogP contribution in [0.1, 0.15) is 11.1 Å². The number of fused-ring (bicyclic) bond motifs is 3. The van der Waals surface area contributed by atoms with Crippen LogP contribution in [0.25, 0.3) is 22.3 Å². The van der Waals surface area contributed by atoms with Crippen molar-refractivity contribution in [2.45, 2.75) is 6.42 Å². The molecule has 3 aromatic carbocycles. The molecule has 3 aromatic rings. The molecule has 0 saturated carbocycles. The lowest BCUT2D eigenvalue weighted by molar-refractivity contribution is 1.26. The van der Waals surface area contributed by atoms with Gasteiger partial charge in [0.2, 0.25) is 0 Å². The molecular weight excluding hydrogens is 228 g/mol. The van der Waals surface area contributed by atoms with Crippen LogP contribution in [0.3, 0.4) is 0 Å². The standard InChI is InChI=1S/C19H13/c1-2-7-14(8-3-1)16-11-6-12-18-17-10-5-4-9-15(17)13-19(16)18/h2-12H,13H2. The lowest BCUT2D eigenvalue weighted by atomic mass is 9.96. The van der Waals surface area contributed by atoms with Gasteiger partial charge in [0.1, 0.15) is 0 Å². The molecule has 0 aliphatic heterocycles. The first-order valence-corrected chi connectivity index (χ1v) is 6.60. The van der Waals surface area contributed by atoms with Crippen molar-refractivity contribution in [1.82, 2.24) is 0 Å². The van der Waals surface area contributed by atoms with Crippen LogP contribution < -0.4 is 0 Å². The zero-order chi connectivity index (χ0) is 12.7. The molecule has 0 N–H and O–H groups in total. The third-order valence-corrected chi connectivity index (χ3v) is 3.88. The fraction of sp³-hybridized carbons (Fsp3) is 0.0526. The predicted molar refractivity (Wildman–Crippen MR) is 79.0 cm³/mol. The topological polar surface area (TPSA) is 0 Å². The maximum Gasteiger partial charge on any atom is -0.000729 e. The SMILES string of the molecule is [c]1ccc(-c2cccc3c2Cc2ccccc2-3)cc1. The first-order chi connectivity index (χ1) is 9.43. The van der Waals surface area contributed by atoms with Crippen LogP contribution >= 0.6 is 0 Å². The summed E-state index contributed by atoms with van der Waals surface area (Å²) in [5.41, 5.74) is 8.30. The number of rotatable bonds is 1. The van der Waals surface area contributed by atoms with Gasteiger partial charge in [-0.25, -0.2) is 0 Å². The zero-order valence-corrected chi connectivity index (χ0v) is 10.6. The van der Waals surface area contributed by atoms with Crippen molar-refractivity contribution in [3.8, 4) is 22.3 Å². The summed E-state index contributed by atoms with van der Waals surface area (Å²) in [6, 6.07) is 26.7. The van der Waals surface area contributed by atoms with Gasteiger partial charge < -0.3 is 0 Å². The highest BCUT2D eigenvalue weighted by Gasteiger charge is 2.20. The lowest BCUT2D eigenvalue weighted by Crippen LogP contribution is -1.87. The molecule has 19 heavy (non-hydrogen) atoms. The molecule has 1 radical (unpaired) electrons. The van der Waals surface area contributed by atoms with E-state index in [9.17, 15) is 0 Å². The molecule has 0 nitrogen and oxygen atoms in total. The molecule has 0 aromatic heterocycles. The van der Waals surface area contributed by atoms with E-state index in [-0.39, 0.29) is 0 Å². The largest absolute Gasteiger partial charge is 0.0619 e. The molecule has 0 unspecified atom stereocenters. The van der Waals surface area contributed by atoms with Crippen molar-refractivity contribution in [2.24, 2.45) is 0 Å². The van der Waals surface area contributed by atoms with Crippen LogP contribution in [0, 0.1) is 6.07 Å². The second kappa shape index (κ2) is 4.10. The quantitative estimate of drug-likeness (QED) is 0.452. The molecule has 0 atom stereocenters. The Morgan fingerprint density at radius 1 is 0.684 bits per heavy atom. The van der Waals surface area contributed by atoms with Crippen molar-refractivity contribution in [1.29, 1.82) is 0 Å². The van der Waals surface area contributed by atoms with E-state index in [4.69, 9.17) is 0 Å². The van der Waals surface area contributed by atoms with Crippen molar-refractivity contribution in [3.05, 3.63) is 83.9 Å². The van der Waals surface area contributed by atoms with Crippen molar-refractivity contribution < 1.29 is 0 Å². The molecule has 0 bridgehead atoms. The fourth-order valence-corrected chi connectivity index (χ4v) is 2.99. The summed E-state index contributed by atoms with van der Waals surface area (Å²) in [7, 11) is 0. The molecule has 0 heteroatoms. The summed E-state index contributed by atoms with van der Waals surface area (Å²) in [4.78, 5) is 0. The van der Waals surface area contributed by atoms with Gasteiger partial charge in [-0.05, 0) is 45.9 Å². The van der Waals surface area contributed by atoms with Crippen LogP contribution in [0.2, 0.25) is 0 Å². The van der Waals surface area contributed by atoms with E-state index in [1.54, 1.807) is 0 Å². The fourth-order valence-electron chi connectivity index (χ4n) is 2.99. The van der Waals surface area contributed by atoms with Crippen LogP contribution in [0.4, 0.5) is 0 Å². The Labute approximate surface area is 113 Å². The summed E-state index contributed by atoms with van der Waals surface area (Å²) >= 11 is 0. The highest BCUT2D eigenvalue weighted by atomic mass is 14.2. The minimum Gasteiger partial charge on any atom is -0.0619 e. The van der Waals surface area contributed by atoms with Gasteiger partial charge in [0.05, 0.1) is 0 Å². The van der Waals surface area contributed by atoms with Gasteiger partial charge in [-0.2, -0.15) is 0 Å². The second-order valence-corrected chi connectivity index (χ2v) is 4.95. The summed E-state index contributed by atoms with van der Waals surface area (Å²) in [5.74, 6) is 0. The molecule has 0 spiro atoms. The van der Waals surface area contributed by atoms with Crippen LogP contribution in [0.15, 0.2) is 66.7 Å². The van der Waals surface area contributed by atoms with Gasteiger partial charge in [-0.3, -0.25) is 0 Å². The highest BCUT2D eigenvalue weighted by Crippen LogP contribution is 2.41. The molecule has 0 saturated heterocycles. The average Bonchev–Trinajstić information content (AvgIpc) is 2.87. The van der Waals surface area contributed by atoms with E-state index in [1.165, 1.54) is 33.4 Å². The third-order valence-electron chi connectivity index (χ3n) is 3.88. The Hall–Kier alpha value is -2.34. The summed E-state index contributed by atoms with van der Waals surface area (Å²) in [6.45, 7) is 0. The number of hydrogen-bond donors (Lipinski definition) is 0. The van der Waals surface area contributed by atoms with Gasteiger partial charge in [-0.15, -0.1) is 0 Å². The Balaban J connectivity index is 1.95. The molecule has 4 rings (SSSR count). The first-order valence-electron chi connectivity index (χ1n) is 6.60. The van der Waals surface area contributed by atoms with Crippen LogP contribution in [0.5, 0.6) is 0 Å². The molecule has 1 aliphatic carbocycles.